The van der Waals surface area contributed by atoms with Crippen LogP contribution in [0.5, 0.6) is 11.5 Å². The van der Waals surface area contributed by atoms with E-state index in [0.717, 1.165) is 11.4 Å². The number of Topliss-reactive ketones (excluding diaryl/α,β-unsaturated/α-hetero) is 1. The first-order valence-electron chi connectivity index (χ1n) is 9.65. The van der Waals surface area contributed by atoms with Gasteiger partial charge in [0.15, 0.2) is 17.3 Å². The molecule has 2 aromatic heterocycles. The smallest absolute Gasteiger partial charge is 0.417 e. The Hall–Kier alpha value is -3.20. The van der Waals surface area contributed by atoms with Crippen LogP contribution in [0.4, 0.5) is 13.2 Å². The Morgan fingerprint density at radius 3 is 2.47 bits per heavy atom. The van der Waals surface area contributed by atoms with E-state index in [1.165, 1.54) is 0 Å². The van der Waals surface area contributed by atoms with Crippen molar-refractivity contribution in [3.05, 3.63) is 74.4 Å². The fourth-order valence-corrected chi connectivity index (χ4v) is 3.95. The second-order valence-corrected chi connectivity index (χ2v) is 7.79. The van der Waals surface area contributed by atoms with Crippen LogP contribution in [0, 0.1) is 13.8 Å². The van der Waals surface area contributed by atoms with Gasteiger partial charge < -0.3 is 18.6 Å². The molecule has 0 bridgehead atoms. The molecular formula is C22H18ClF3N2O4. The second kappa shape index (κ2) is 8.05. The molecule has 0 saturated heterocycles. The van der Waals surface area contributed by atoms with Gasteiger partial charge in [-0.1, -0.05) is 11.6 Å². The maximum absolute atomic E-state index is 13.1. The van der Waals surface area contributed by atoms with Crippen LogP contribution < -0.4 is 15.0 Å². The number of hydrogen-bond donors (Lipinski definition) is 0. The Balaban J connectivity index is 1.69. The van der Waals surface area contributed by atoms with E-state index in [4.69, 9.17) is 21.1 Å². The summed E-state index contributed by atoms with van der Waals surface area (Å²) in [5, 5.41) is -0.602. The first kappa shape index (κ1) is 22.0. The summed E-state index contributed by atoms with van der Waals surface area (Å²) in [6.45, 7) is 3.84. The summed E-state index contributed by atoms with van der Waals surface area (Å²) >= 11 is 5.68. The highest BCUT2D eigenvalue weighted by molar-refractivity contribution is 6.30. The number of benzene rings is 1. The van der Waals surface area contributed by atoms with Crippen molar-refractivity contribution in [1.82, 2.24) is 9.13 Å². The third-order valence-corrected chi connectivity index (χ3v) is 5.47. The number of aromatic nitrogens is 2. The molecule has 6 nitrogen and oxygen atoms in total. The Kier molecular flexibility index (Phi) is 5.54. The van der Waals surface area contributed by atoms with Crippen LogP contribution in [0.25, 0.3) is 5.69 Å². The maximum atomic E-state index is 13.1. The van der Waals surface area contributed by atoms with Crippen molar-refractivity contribution in [2.75, 3.05) is 13.2 Å². The molecule has 1 aliphatic heterocycles. The maximum Gasteiger partial charge on any atom is 0.417 e. The summed E-state index contributed by atoms with van der Waals surface area (Å²) in [4.78, 5) is 25.2. The van der Waals surface area contributed by atoms with Crippen LogP contribution in [-0.2, 0) is 12.7 Å². The lowest BCUT2D eigenvalue weighted by Gasteiger charge is -2.20. The minimum absolute atomic E-state index is 0.290. The summed E-state index contributed by atoms with van der Waals surface area (Å²) in [7, 11) is 0. The topological polar surface area (TPSA) is 62.5 Å². The highest BCUT2D eigenvalue weighted by atomic mass is 35.5. The summed E-state index contributed by atoms with van der Waals surface area (Å²) < 4.78 is 52.9. The monoisotopic (exact) mass is 466 g/mol. The van der Waals surface area contributed by atoms with Gasteiger partial charge in [-0.3, -0.25) is 9.59 Å². The molecule has 32 heavy (non-hydrogen) atoms. The average Bonchev–Trinajstić information content (AvgIpc) is 3.04. The van der Waals surface area contributed by atoms with E-state index in [-0.39, 0.29) is 5.56 Å². The number of rotatable bonds is 4. The van der Waals surface area contributed by atoms with Gasteiger partial charge in [0.1, 0.15) is 18.2 Å². The average molecular weight is 467 g/mol. The quantitative estimate of drug-likeness (QED) is 0.528. The molecule has 0 unspecified atom stereocenters. The fraction of sp³-hybridized carbons (Fsp3) is 0.273. The molecule has 1 aromatic carbocycles. The van der Waals surface area contributed by atoms with Gasteiger partial charge in [0, 0.05) is 34.9 Å². The number of pyridine rings is 1. The largest absolute Gasteiger partial charge is 0.486 e. The molecule has 0 fully saturated rings. The summed E-state index contributed by atoms with van der Waals surface area (Å²) in [5.41, 5.74) is 0.373. The van der Waals surface area contributed by atoms with E-state index < -0.39 is 34.6 Å². The predicted molar refractivity (Wildman–Crippen MR) is 111 cm³/mol. The van der Waals surface area contributed by atoms with Crippen molar-refractivity contribution in [2.24, 2.45) is 0 Å². The molecule has 168 valence electrons. The standard InChI is InChI=1S/C22H18ClF3N2O4/c1-12-7-16(13(2)28(12)15-3-4-19-20(9-15)32-6-5-31-19)18(29)11-27-10-14(22(24,25)26)8-17(23)21(27)30/h3-4,7-10H,5-6,11H2,1-2H3. The lowest BCUT2D eigenvalue weighted by Crippen LogP contribution is -2.26. The van der Waals surface area contributed by atoms with E-state index in [9.17, 15) is 22.8 Å². The van der Waals surface area contributed by atoms with Gasteiger partial charge in [-0.25, -0.2) is 0 Å². The van der Waals surface area contributed by atoms with Crippen molar-refractivity contribution in [3.63, 3.8) is 0 Å². The van der Waals surface area contributed by atoms with Crippen molar-refractivity contribution >= 4 is 17.4 Å². The van der Waals surface area contributed by atoms with E-state index in [1.807, 2.05) is 10.6 Å². The second-order valence-electron chi connectivity index (χ2n) is 7.38. The number of ketones is 1. The molecule has 3 heterocycles. The van der Waals surface area contributed by atoms with E-state index in [0.29, 0.717) is 47.2 Å². The highest BCUT2D eigenvalue weighted by Gasteiger charge is 2.32. The fourth-order valence-electron chi connectivity index (χ4n) is 3.73. The van der Waals surface area contributed by atoms with Gasteiger partial charge >= 0.3 is 6.18 Å². The van der Waals surface area contributed by atoms with Crippen LogP contribution in [0.2, 0.25) is 5.02 Å². The Bertz CT molecular complexity index is 1280. The number of fused-ring (bicyclic) bond motifs is 1. The van der Waals surface area contributed by atoms with Gasteiger partial charge in [0.25, 0.3) is 5.56 Å². The zero-order chi connectivity index (χ0) is 23.2. The minimum Gasteiger partial charge on any atom is -0.486 e. The zero-order valence-electron chi connectivity index (χ0n) is 17.1. The molecule has 0 atom stereocenters. The normalized spacial score (nSPS) is 13.3. The van der Waals surface area contributed by atoms with Crippen LogP contribution in [0.1, 0.15) is 27.3 Å². The van der Waals surface area contributed by atoms with Gasteiger partial charge in [-0.05, 0) is 38.1 Å². The zero-order valence-corrected chi connectivity index (χ0v) is 17.9. The van der Waals surface area contributed by atoms with Crippen LogP contribution in [0.3, 0.4) is 0 Å². The van der Waals surface area contributed by atoms with Crippen molar-refractivity contribution in [2.45, 2.75) is 26.6 Å². The predicted octanol–water partition coefficient (Wildman–Crippen LogP) is 4.58. The van der Waals surface area contributed by atoms with Crippen LogP contribution >= 0.6 is 11.6 Å². The molecule has 1 aliphatic rings. The number of hydrogen-bond acceptors (Lipinski definition) is 4. The number of carbonyl (C=O) groups excluding carboxylic acids is 1. The van der Waals surface area contributed by atoms with E-state index >= 15 is 0 Å². The molecule has 0 aliphatic carbocycles. The van der Waals surface area contributed by atoms with Crippen LogP contribution in [-0.4, -0.2) is 28.1 Å². The molecule has 0 amide bonds. The SMILES string of the molecule is Cc1cc(C(=O)Cn2cc(C(F)(F)F)cc(Cl)c2=O)c(C)n1-c1ccc2c(c1)OCCO2. The molecule has 0 N–H and O–H groups in total. The van der Waals surface area contributed by atoms with E-state index in [1.54, 1.807) is 32.0 Å². The van der Waals surface area contributed by atoms with Crippen LogP contribution in [0.15, 0.2) is 41.3 Å². The number of nitrogens with zero attached hydrogens (tertiary/aromatic N) is 2. The molecule has 4 rings (SSSR count). The van der Waals surface area contributed by atoms with Gasteiger partial charge in [-0.15, -0.1) is 0 Å². The van der Waals surface area contributed by atoms with E-state index in [2.05, 4.69) is 0 Å². The number of halogens is 4. The highest BCUT2D eigenvalue weighted by Crippen LogP contribution is 2.34. The lowest BCUT2D eigenvalue weighted by molar-refractivity contribution is -0.138. The first-order chi connectivity index (χ1) is 15.1. The Morgan fingerprint density at radius 1 is 1.09 bits per heavy atom. The minimum atomic E-state index is -4.70. The van der Waals surface area contributed by atoms with Crippen molar-refractivity contribution in [3.8, 4) is 17.2 Å². The third-order valence-electron chi connectivity index (χ3n) is 5.20. The third kappa shape index (κ3) is 4.00. The van der Waals surface area contributed by atoms with Crippen molar-refractivity contribution in [1.29, 1.82) is 0 Å². The number of alkyl halides is 3. The molecular weight excluding hydrogens is 449 g/mol. The first-order valence-corrected chi connectivity index (χ1v) is 10.0. The van der Waals surface area contributed by atoms with Gasteiger partial charge in [-0.2, -0.15) is 13.2 Å². The van der Waals surface area contributed by atoms with Crippen molar-refractivity contribution < 1.29 is 27.4 Å². The van der Waals surface area contributed by atoms with Gasteiger partial charge in [0.05, 0.1) is 12.1 Å². The van der Waals surface area contributed by atoms with Gasteiger partial charge in [0.2, 0.25) is 0 Å². The molecule has 0 spiro atoms. The molecule has 0 saturated carbocycles. The Morgan fingerprint density at radius 2 is 1.78 bits per heavy atom. The number of aryl methyl sites for hydroxylation is 1. The number of carbonyl (C=O) groups is 1. The molecule has 3 aromatic rings. The molecule has 10 heteroatoms. The number of ether oxygens (including phenoxy) is 2. The summed E-state index contributed by atoms with van der Waals surface area (Å²) in [6, 6.07) is 7.57. The molecule has 0 radical (unpaired) electrons. The summed E-state index contributed by atoms with van der Waals surface area (Å²) in [5.74, 6) is 0.693. The lowest BCUT2D eigenvalue weighted by atomic mass is 10.1. The Labute approximate surface area is 185 Å². The summed E-state index contributed by atoms with van der Waals surface area (Å²) in [6.07, 6.45) is -4.09.